The van der Waals surface area contributed by atoms with Gasteiger partial charge in [0.05, 0.1) is 22.2 Å². The van der Waals surface area contributed by atoms with Gasteiger partial charge < -0.3 is 14.8 Å². The first-order valence-electron chi connectivity index (χ1n) is 11.6. The van der Waals surface area contributed by atoms with E-state index in [2.05, 4.69) is 14.9 Å². The number of rotatable bonds is 4. The van der Waals surface area contributed by atoms with Crippen molar-refractivity contribution < 1.29 is 9.59 Å². The molecule has 2 amide bonds. The van der Waals surface area contributed by atoms with Crippen LogP contribution in [-0.2, 0) is 0 Å². The predicted molar refractivity (Wildman–Crippen MR) is 133 cm³/mol. The van der Waals surface area contributed by atoms with Crippen LogP contribution >= 0.6 is 11.3 Å². The molecular formula is C25H24N6O3S. The van der Waals surface area contributed by atoms with Crippen molar-refractivity contribution in [1.29, 1.82) is 0 Å². The van der Waals surface area contributed by atoms with Gasteiger partial charge in [0.1, 0.15) is 5.69 Å². The molecule has 4 aromatic rings. The molecule has 2 fully saturated rings. The Morgan fingerprint density at radius 3 is 2.43 bits per heavy atom. The number of nitrogens with zero attached hydrogens (tertiary/aromatic N) is 5. The Morgan fingerprint density at radius 1 is 0.943 bits per heavy atom. The zero-order chi connectivity index (χ0) is 23.9. The minimum Gasteiger partial charge on any atom is -0.335 e. The molecule has 1 N–H and O–H groups in total. The third kappa shape index (κ3) is 3.94. The number of para-hydroxylation sites is 1. The van der Waals surface area contributed by atoms with Crippen LogP contribution in [0, 0.1) is 0 Å². The quantitative estimate of drug-likeness (QED) is 0.475. The van der Waals surface area contributed by atoms with Crippen molar-refractivity contribution >= 4 is 34.2 Å². The molecule has 2 aromatic heterocycles. The van der Waals surface area contributed by atoms with E-state index in [0.717, 1.165) is 24.3 Å². The molecule has 0 radical (unpaired) electrons. The SMILES string of the molecule is O=C(c1ccc2c(c1)[nH]c(=O)n2-c1ccccc1)N1CC(N2CCN(C(=O)c3cscn3)CC2)C1. The second kappa shape index (κ2) is 8.79. The van der Waals surface area contributed by atoms with Crippen molar-refractivity contribution in [3.05, 3.63) is 81.2 Å². The van der Waals surface area contributed by atoms with Crippen molar-refractivity contribution in [1.82, 2.24) is 29.2 Å². The van der Waals surface area contributed by atoms with Crippen molar-refractivity contribution in [2.45, 2.75) is 6.04 Å². The van der Waals surface area contributed by atoms with Crippen LogP contribution < -0.4 is 5.69 Å². The first-order chi connectivity index (χ1) is 17.1. The molecule has 2 saturated heterocycles. The predicted octanol–water partition coefficient (Wildman–Crippen LogP) is 2.06. The normalized spacial score (nSPS) is 17.0. The molecule has 4 heterocycles. The molecular weight excluding hydrogens is 464 g/mol. The van der Waals surface area contributed by atoms with Crippen LogP contribution in [-0.4, -0.2) is 86.4 Å². The summed E-state index contributed by atoms with van der Waals surface area (Å²) in [6, 6.07) is 15.1. The molecule has 6 rings (SSSR count). The van der Waals surface area contributed by atoms with E-state index in [1.54, 1.807) is 27.6 Å². The maximum atomic E-state index is 13.1. The molecule has 0 spiro atoms. The van der Waals surface area contributed by atoms with E-state index >= 15 is 0 Å². The number of piperazine rings is 1. The summed E-state index contributed by atoms with van der Waals surface area (Å²) in [6.45, 7) is 4.26. The van der Waals surface area contributed by atoms with Crippen molar-refractivity contribution in [3.63, 3.8) is 0 Å². The highest BCUT2D eigenvalue weighted by atomic mass is 32.1. The van der Waals surface area contributed by atoms with Gasteiger partial charge in [0.2, 0.25) is 0 Å². The van der Waals surface area contributed by atoms with Gasteiger partial charge in [-0.05, 0) is 30.3 Å². The number of amides is 2. The van der Waals surface area contributed by atoms with Gasteiger partial charge in [-0.15, -0.1) is 11.3 Å². The molecule has 178 valence electrons. The number of carbonyl (C=O) groups is 2. The van der Waals surface area contributed by atoms with Crippen molar-refractivity contribution in [2.75, 3.05) is 39.3 Å². The standard InChI is InChI=1S/C25H24N6O3S/c32-23(17-6-7-22-20(12-17)27-25(34)31(22)18-4-2-1-3-5-18)30-13-19(14-30)28-8-10-29(11-9-28)24(33)21-15-35-16-26-21/h1-7,12,15-16,19H,8-11,13-14H2,(H,27,34). The van der Waals surface area contributed by atoms with Gasteiger partial charge in [-0.25, -0.2) is 9.78 Å². The molecule has 35 heavy (non-hydrogen) atoms. The molecule has 2 aromatic carbocycles. The monoisotopic (exact) mass is 488 g/mol. The lowest BCUT2D eigenvalue weighted by Crippen LogP contribution is -2.64. The summed E-state index contributed by atoms with van der Waals surface area (Å²) >= 11 is 1.43. The van der Waals surface area contributed by atoms with E-state index in [4.69, 9.17) is 0 Å². The number of aromatic amines is 1. The third-order valence-corrected chi connectivity index (χ3v) is 7.45. The fourth-order valence-corrected chi connectivity index (χ4v) is 5.41. The number of carbonyl (C=O) groups excluding carboxylic acids is 2. The van der Waals surface area contributed by atoms with Gasteiger partial charge in [0, 0.05) is 56.3 Å². The lowest BCUT2D eigenvalue weighted by atomic mass is 10.0. The largest absolute Gasteiger partial charge is 0.335 e. The Balaban J connectivity index is 1.08. The maximum absolute atomic E-state index is 13.1. The highest BCUT2D eigenvalue weighted by Gasteiger charge is 2.37. The number of thiazole rings is 1. The minimum atomic E-state index is -0.229. The van der Waals surface area contributed by atoms with E-state index in [1.807, 2.05) is 46.2 Å². The first-order valence-corrected chi connectivity index (χ1v) is 12.5. The van der Waals surface area contributed by atoms with Gasteiger partial charge in [-0.2, -0.15) is 0 Å². The Hall–Kier alpha value is -3.76. The molecule has 0 unspecified atom stereocenters. The van der Waals surface area contributed by atoms with E-state index in [-0.39, 0.29) is 17.5 Å². The van der Waals surface area contributed by atoms with Crippen molar-refractivity contribution in [2.24, 2.45) is 0 Å². The number of benzene rings is 2. The Bertz CT molecular complexity index is 1430. The van der Waals surface area contributed by atoms with Crippen LogP contribution in [0.3, 0.4) is 0 Å². The van der Waals surface area contributed by atoms with Gasteiger partial charge in [0.15, 0.2) is 0 Å². The average molecular weight is 489 g/mol. The molecule has 0 aliphatic carbocycles. The van der Waals surface area contributed by atoms with Crippen molar-refractivity contribution in [3.8, 4) is 5.69 Å². The summed E-state index contributed by atoms with van der Waals surface area (Å²) in [7, 11) is 0. The maximum Gasteiger partial charge on any atom is 0.331 e. The third-order valence-electron chi connectivity index (χ3n) is 6.86. The summed E-state index contributed by atoms with van der Waals surface area (Å²) in [5, 5.41) is 1.79. The van der Waals surface area contributed by atoms with E-state index in [1.165, 1.54) is 11.3 Å². The van der Waals surface area contributed by atoms with Crippen LogP contribution in [0.25, 0.3) is 16.7 Å². The van der Waals surface area contributed by atoms with Crippen LogP contribution in [0.15, 0.2) is 64.2 Å². The first kappa shape index (κ1) is 21.8. The smallest absolute Gasteiger partial charge is 0.331 e. The van der Waals surface area contributed by atoms with Gasteiger partial charge in [0.25, 0.3) is 11.8 Å². The number of hydrogen-bond acceptors (Lipinski definition) is 6. The van der Waals surface area contributed by atoms with Crippen LogP contribution in [0.2, 0.25) is 0 Å². The zero-order valence-electron chi connectivity index (χ0n) is 19.0. The summed E-state index contributed by atoms with van der Waals surface area (Å²) in [5.41, 5.74) is 4.69. The summed E-state index contributed by atoms with van der Waals surface area (Å²) in [4.78, 5) is 51.2. The highest BCUT2D eigenvalue weighted by molar-refractivity contribution is 7.07. The number of hydrogen-bond donors (Lipinski definition) is 1. The Kier molecular flexibility index (Phi) is 5.46. The molecule has 0 bridgehead atoms. The topological polar surface area (TPSA) is 94.5 Å². The van der Waals surface area contributed by atoms with Crippen LogP contribution in [0.4, 0.5) is 0 Å². The number of imidazole rings is 1. The number of nitrogens with one attached hydrogen (secondary N) is 1. The van der Waals surface area contributed by atoms with Gasteiger partial charge in [-0.3, -0.25) is 19.1 Å². The Labute approximate surface area is 205 Å². The second-order valence-corrected chi connectivity index (χ2v) is 9.62. The highest BCUT2D eigenvalue weighted by Crippen LogP contribution is 2.23. The lowest BCUT2D eigenvalue weighted by Gasteiger charge is -2.48. The molecule has 0 atom stereocenters. The molecule has 10 heteroatoms. The van der Waals surface area contributed by atoms with E-state index in [0.29, 0.717) is 49.0 Å². The lowest BCUT2D eigenvalue weighted by molar-refractivity contribution is 0.00844. The van der Waals surface area contributed by atoms with Gasteiger partial charge in [-0.1, -0.05) is 18.2 Å². The second-order valence-electron chi connectivity index (χ2n) is 8.90. The summed E-state index contributed by atoms with van der Waals surface area (Å²) in [6.07, 6.45) is 0. The molecule has 0 saturated carbocycles. The van der Waals surface area contributed by atoms with Gasteiger partial charge >= 0.3 is 5.69 Å². The molecule has 9 nitrogen and oxygen atoms in total. The summed E-state index contributed by atoms with van der Waals surface area (Å²) < 4.78 is 1.61. The van der Waals surface area contributed by atoms with E-state index < -0.39 is 0 Å². The zero-order valence-corrected chi connectivity index (χ0v) is 19.8. The number of H-pyrrole nitrogens is 1. The molecule has 2 aliphatic rings. The Morgan fingerprint density at radius 2 is 1.71 bits per heavy atom. The number of likely N-dealkylation sites (tertiary alicyclic amines) is 1. The minimum absolute atomic E-state index is 0.00848. The van der Waals surface area contributed by atoms with E-state index in [9.17, 15) is 14.4 Å². The fraction of sp³-hybridized carbons (Fsp3) is 0.280. The summed E-state index contributed by atoms with van der Waals surface area (Å²) in [5.74, 6) is -0.0420. The van der Waals surface area contributed by atoms with Crippen LogP contribution in [0.5, 0.6) is 0 Å². The number of fused-ring (bicyclic) bond motifs is 1. The fourth-order valence-electron chi connectivity index (χ4n) is 4.88. The van der Waals surface area contributed by atoms with Crippen LogP contribution in [0.1, 0.15) is 20.8 Å². The number of aromatic nitrogens is 3. The molecule has 2 aliphatic heterocycles. The average Bonchev–Trinajstić information content (AvgIpc) is 3.50.